The molecule has 4 fully saturated rings. The predicted octanol–water partition coefficient (Wildman–Crippen LogP) is 8.14. The Hall–Kier alpha value is -0.590. The van der Waals surface area contributed by atoms with Gasteiger partial charge in [-0.2, -0.15) is 5.26 Å². The highest BCUT2D eigenvalue weighted by Crippen LogP contribution is 2.68. The van der Waals surface area contributed by atoms with Gasteiger partial charge in [0.25, 0.3) is 0 Å². The first-order valence-corrected chi connectivity index (χ1v) is 14.9. The van der Waals surface area contributed by atoms with Crippen molar-refractivity contribution >= 4 is 0 Å². The van der Waals surface area contributed by atoms with Gasteiger partial charge in [0, 0.05) is 0 Å². The molecule has 0 aliphatic heterocycles. The van der Waals surface area contributed by atoms with Gasteiger partial charge in [0.15, 0.2) is 0 Å². The van der Waals surface area contributed by atoms with Gasteiger partial charge >= 0.3 is 0 Å². The minimum absolute atomic E-state index is 0.0495. The quantitative estimate of drug-likeness (QED) is 0.422. The first-order chi connectivity index (χ1) is 16.2. The zero-order chi connectivity index (χ0) is 25.5. The lowest BCUT2D eigenvalue weighted by Crippen LogP contribution is -2.54. The van der Waals surface area contributed by atoms with Crippen molar-refractivity contribution in [1.82, 2.24) is 0 Å². The first kappa shape index (κ1) is 29.6. The largest absolute Gasteiger partial charge is 0.393 e. The Morgan fingerprint density at radius 1 is 0.912 bits per heavy atom. The monoisotopic (exact) mass is 475 g/mol. The van der Waals surface area contributed by atoms with Gasteiger partial charge in [0.05, 0.1) is 24.7 Å². The molecule has 4 aliphatic carbocycles. The van der Waals surface area contributed by atoms with Crippen LogP contribution in [-0.2, 0) is 0 Å². The van der Waals surface area contributed by atoms with Gasteiger partial charge in [-0.15, -0.1) is 0 Å². The van der Waals surface area contributed by atoms with Crippen molar-refractivity contribution in [3.8, 4) is 6.07 Å². The topological polar surface area (TPSA) is 64.2 Å². The molecule has 198 valence electrons. The Kier molecular flexibility index (Phi) is 11.4. The third kappa shape index (κ3) is 6.03. The Morgan fingerprint density at radius 2 is 1.53 bits per heavy atom. The SMILES string of the molecule is CC.CCC.C[C@H](CCC(O)CC#N)C1CCC2C3CC[C@H]4CC(O)CCC4(C)C3CCC21C. The molecule has 8 unspecified atom stereocenters. The van der Waals surface area contributed by atoms with Gasteiger partial charge in [0.2, 0.25) is 0 Å². The number of rotatable bonds is 5. The summed E-state index contributed by atoms with van der Waals surface area (Å²) in [6.45, 7) is 15.8. The van der Waals surface area contributed by atoms with Gasteiger partial charge in [-0.05, 0) is 117 Å². The molecule has 2 N–H and O–H groups in total. The second-order valence-corrected chi connectivity index (χ2v) is 12.6. The maximum Gasteiger partial charge on any atom is 0.0670 e. The number of fused-ring (bicyclic) bond motifs is 5. The molecule has 0 aromatic heterocycles. The molecule has 0 heterocycles. The molecule has 0 saturated heterocycles. The molecule has 10 atom stereocenters. The molecule has 0 radical (unpaired) electrons. The highest BCUT2D eigenvalue weighted by Gasteiger charge is 2.60. The van der Waals surface area contributed by atoms with Crippen LogP contribution in [0.3, 0.4) is 0 Å². The molecule has 4 aliphatic rings. The van der Waals surface area contributed by atoms with E-state index in [0.717, 1.165) is 55.3 Å². The molecule has 3 heteroatoms. The van der Waals surface area contributed by atoms with E-state index in [9.17, 15) is 10.2 Å². The molecule has 3 nitrogen and oxygen atoms in total. The Labute approximate surface area is 212 Å². The third-order valence-electron chi connectivity index (χ3n) is 10.7. The van der Waals surface area contributed by atoms with Crippen LogP contribution in [0.5, 0.6) is 0 Å². The van der Waals surface area contributed by atoms with Gasteiger partial charge in [0.1, 0.15) is 0 Å². The Balaban J connectivity index is 0.000000758. The van der Waals surface area contributed by atoms with E-state index in [4.69, 9.17) is 5.26 Å². The molecule has 4 rings (SSSR count). The van der Waals surface area contributed by atoms with Crippen molar-refractivity contribution < 1.29 is 10.2 Å². The number of nitriles is 1. The zero-order valence-corrected chi connectivity index (χ0v) is 23.7. The molecule has 0 spiro atoms. The molecular formula is C31H57NO2. The van der Waals surface area contributed by atoms with Gasteiger partial charge < -0.3 is 10.2 Å². The number of aliphatic hydroxyl groups excluding tert-OH is 2. The van der Waals surface area contributed by atoms with E-state index in [2.05, 4.69) is 40.7 Å². The summed E-state index contributed by atoms with van der Waals surface area (Å²) in [5.74, 6) is 4.81. The minimum Gasteiger partial charge on any atom is -0.393 e. The second-order valence-electron chi connectivity index (χ2n) is 12.6. The fourth-order valence-corrected chi connectivity index (χ4v) is 9.07. The third-order valence-corrected chi connectivity index (χ3v) is 10.7. The second kappa shape index (κ2) is 13.1. The fraction of sp³-hybridized carbons (Fsp3) is 0.968. The van der Waals surface area contributed by atoms with E-state index in [1.54, 1.807) is 0 Å². The van der Waals surface area contributed by atoms with Crippen molar-refractivity contribution in [3.63, 3.8) is 0 Å². The van der Waals surface area contributed by atoms with Gasteiger partial charge in [-0.25, -0.2) is 0 Å². The summed E-state index contributed by atoms with van der Waals surface area (Å²) in [4.78, 5) is 0. The van der Waals surface area contributed by atoms with E-state index in [1.807, 2.05) is 13.8 Å². The lowest BCUT2D eigenvalue weighted by Gasteiger charge is -2.61. The number of nitrogens with zero attached hydrogens (tertiary/aromatic N) is 1. The van der Waals surface area contributed by atoms with E-state index in [1.165, 1.54) is 51.4 Å². The van der Waals surface area contributed by atoms with Crippen molar-refractivity contribution in [2.75, 3.05) is 0 Å². The smallest absolute Gasteiger partial charge is 0.0670 e. The van der Waals surface area contributed by atoms with E-state index < -0.39 is 6.10 Å². The highest BCUT2D eigenvalue weighted by atomic mass is 16.3. The number of hydrogen-bond donors (Lipinski definition) is 2. The van der Waals surface area contributed by atoms with Crippen LogP contribution in [0, 0.1) is 57.7 Å². The van der Waals surface area contributed by atoms with Gasteiger partial charge in [-0.3, -0.25) is 0 Å². The standard InChI is InChI=1S/C26H43NO2.C3H8.C2H6/c1-17(4-6-19(28)12-15-27)22-8-9-23-21-7-5-18-16-20(29)10-13-25(18,2)24(21)11-14-26(22,23)3;1-3-2;1-2/h17-24,28-29H,4-14,16H2,1-3H3;3H2,1-2H3;1-2H3/t17-,18+,19?,20?,21?,22?,23?,24?,25?,26?;;/m1../s1. The summed E-state index contributed by atoms with van der Waals surface area (Å²) in [5.41, 5.74) is 0.937. The van der Waals surface area contributed by atoms with Crippen LogP contribution < -0.4 is 0 Å². The number of hydrogen-bond acceptors (Lipinski definition) is 3. The van der Waals surface area contributed by atoms with Crippen LogP contribution in [-0.4, -0.2) is 22.4 Å². The van der Waals surface area contributed by atoms with Crippen LogP contribution in [0.2, 0.25) is 0 Å². The van der Waals surface area contributed by atoms with Crippen LogP contribution in [0.1, 0.15) is 132 Å². The molecule has 4 saturated carbocycles. The van der Waals surface area contributed by atoms with Crippen molar-refractivity contribution in [2.24, 2.45) is 46.3 Å². The Bertz CT molecular complexity index is 644. The van der Waals surface area contributed by atoms with Crippen LogP contribution in [0.4, 0.5) is 0 Å². The molecular weight excluding hydrogens is 418 g/mol. The summed E-state index contributed by atoms with van der Waals surface area (Å²) in [6.07, 6.45) is 14.4. The maximum absolute atomic E-state index is 10.2. The minimum atomic E-state index is -0.444. The first-order valence-electron chi connectivity index (χ1n) is 14.9. The summed E-state index contributed by atoms with van der Waals surface area (Å²) >= 11 is 0. The molecule has 0 amide bonds. The van der Waals surface area contributed by atoms with Crippen molar-refractivity contribution in [2.45, 2.75) is 144 Å². The molecule has 0 aromatic rings. The normalized spacial score (nSPS) is 42.2. The highest BCUT2D eigenvalue weighted by molar-refractivity contribution is 5.09. The molecule has 34 heavy (non-hydrogen) atoms. The lowest BCUT2D eigenvalue weighted by atomic mass is 9.44. The van der Waals surface area contributed by atoms with Crippen molar-refractivity contribution in [3.05, 3.63) is 0 Å². The zero-order valence-electron chi connectivity index (χ0n) is 23.7. The van der Waals surface area contributed by atoms with Crippen molar-refractivity contribution in [1.29, 1.82) is 5.26 Å². The summed E-state index contributed by atoms with van der Waals surface area (Å²) in [5, 5.41) is 29.1. The summed E-state index contributed by atoms with van der Waals surface area (Å²) in [7, 11) is 0. The lowest BCUT2D eigenvalue weighted by molar-refractivity contribution is -0.129. The van der Waals surface area contributed by atoms with Gasteiger partial charge in [-0.1, -0.05) is 54.9 Å². The predicted molar refractivity (Wildman–Crippen MR) is 143 cm³/mol. The Morgan fingerprint density at radius 3 is 2.18 bits per heavy atom. The summed E-state index contributed by atoms with van der Waals surface area (Å²) < 4.78 is 0. The van der Waals surface area contributed by atoms with E-state index in [-0.39, 0.29) is 12.5 Å². The average Bonchev–Trinajstić information content (AvgIpc) is 3.17. The fourth-order valence-electron chi connectivity index (χ4n) is 9.07. The summed E-state index contributed by atoms with van der Waals surface area (Å²) in [6, 6.07) is 2.11. The average molecular weight is 476 g/mol. The van der Waals surface area contributed by atoms with E-state index in [0.29, 0.717) is 16.7 Å². The van der Waals surface area contributed by atoms with Crippen LogP contribution in [0.15, 0.2) is 0 Å². The number of aliphatic hydroxyl groups is 2. The maximum atomic E-state index is 10.2. The molecule has 0 bridgehead atoms. The van der Waals surface area contributed by atoms with E-state index >= 15 is 0 Å². The van der Waals surface area contributed by atoms with Crippen LogP contribution in [0.25, 0.3) is 0 Å². The molecule has 0 aromatic carbocycles. The van der Waals surface area contributed by atoms with Crippen LogP contribution >= 0.6 is 0 Å².